The van der Waals surface area contributed by atoms with Crippen molar-refractivity contribution in [1.29, 1.82) is 0 Å². The topological polar surface area (TPSA) is 106 Å². The molecule has 2 aromatic carbocycles. The van der Waals surface area contributed by atoms with Crippen molar-refractivity contribution < 1.29 is 20.5 Å². The Bertz CT molecular complexity index is 1300. The number of ketones is 1. The molecule has 35 heavy (non-hydrogen) atoms. The molecule has 2 heterocycles. The van der Waals surface area contributed by atoms with Crippen LogP contribution in [0.1, 0.15) is 6.93 Å². The summed E-state index contributed by atoms with van der Waals surface area (Å²) in [6.07, 6.45) is 7.17. The number of aliphatic carboxylic acids is 1. The number of fused-ring (bicyclic) bond motifs is 2. The van der Waals surface area contributed by atoms with Gasteiger partial charge in [-0.25, -0.2) is 0 Å². The lowest BCUT2D eigenvalue weighted by Crippen LogP contribution is -2.04. The summed E-state index contributed by atoms with van der Waals surface area (Å²) in [5.74, 6) is -1.30. The van der Waals surface area contributed by atoms with Crippen molar-refractivity contribution in [2.24, 2.45) is 0 Å². The Balaban J connectivity index is 0.000000285. The molecule has 0 unspecified atom stereocenters. The van der Waals surface area contributed by atoms with Gasteiger partial charge in [0.1, 0.15) is 5.88 Å². The molecule has 0 aliphatic rings. The summed E-state index contributed by atoms with van der Waals surface area (Å²) in [7, 11) is -1.00. The zero-order chi connectivity index (χ0) is 27.1. The second kappa shape index (κ2) is 16.1. The second-order valence-electron chi connectivity index (χ2n) is 6.58. The number of benzene rings is 2. The summed E-state index contributed by atoms with van der Waals surface area (Å²) in [5, 5.41) is 12.6. The zero-order valence-corrected chi connectivity index (χ0v) is 21.3. The predicted octanol–water partition coefficient (Wildman–Crippen LogP) is 6.60. The molecule has 0 amide bonds. The highest BCUT2D eigenvalue weighted by atomic mass is 35.5. The van der Waals surface area contributed by atoms with Crippen LogP contribution in [0.4, 0.5) is 10.1 Å². The van der Waals surface area contributed by atoms with E-state index in [4.69, 9.17) is 58.6 Å². The Morgan fingerprint density at radius 1 is 0.943 bits per heavy atom. The molecule has 0 aliphatic carbocycles. The van der Waals surface area contributed by atoms with Gasteiger partial charge in [0.25, 0.3) is 0 Å². The number of pyridine rings is 2. The number of anilines is 1. The number of aromatic nitrogens is 2. The molecule has 0 aliphatic heterocycles. The third kappa shape index (κ3) is 9.45. The fourth-order valence-corrected chi connectivity index (χ4v) is 3.35. The van der Waals surface area contributed by atoms with E-state index in [1.165, 1.54) is 0 Å². The number of rotatable bonds is 4. The minimum absolute atomic E-state index is 0.0186. The minimum Gasteiger partial charge on any atom is -0.480 e. The summed E-state index contributed by atoms with van der Waals surface area (Å²) in [4.78, 5) is 28.5. The average molecular weight is 562 g/mol. The van der Waals surface area contributed by atoms with Crippen LogP contribution in [0.15, 0.2) is 61.2 Å². The van der Waals surface area contributed by atoms with E-state index in [0.717, 1.165) is 27.1 Å². The Hall–Kier alpha value is -2.71. The van der Waals surface area contributed by atoms with Gasteiger partial charge in [0.2, 0.25) is 0 Å². The third-order valence-corrected chi connectivity index (χ3v) is 5.66. The van der Waals surface area contributed by atoms with Crippen LogP contribution >= 0.6 is 46.4 Å². The Kier molecular flexibility index (Phi) is 13.1. The number of carboxylic acid groups (broad SMARTS) is 1. The smallest absolute Gasteiger partial charge is 0.318 e. The van der Waals surface area contributed by atoms with Gasteiger partial charge in [0, 0.05) is 52.8 Å². The second-order valence-corrected chi connectivity index (χ2v) is 7.87. The summed E-state index contributed by atoms with van der Waals surface area (Å²) >= 11 is 22.4. The van der Waals surface area contributed by atoms with Crippen LogP contribution in [-0.2, 0) is 16.0 Å². The number of carbonyl (C=O) groups is 2. The molecule has 0 fully saturated rings. The molecule has 0 atom stereocenters. The van der Waals surface area contributed by atoms with E-state index in [0.29, 0.717) is 15.7 Å². The number of Topliss-reactive ketones (excluding diaryl/α,β-unsaturated/α-hetero) is 1. The van der Waals surface area contributed by atoms with Crippen molar-refractivity contribution in [1.82, 2.24) is 9.97 Å². The van der Waals surface area contributed by atoms with Gasteiger partial charge >= 0.3 is 5.97 Å². The molecule has 0 bridgehead atoms. The van der Waals surface area contributed by atoms with Gasteiger partial charge in [-0.3, -0.25) is 23.9 Å². The maximum Gasteiger partial charge on any atom is 0.318 e. The van der Waals surface area contributed by atoms with Crippen LogP contribution in [-0.4, -0.2) is 45.7 Å². The molecule has 4 aromatic rings. The first-order chi connectivity index (χ1) is 17.2. The van der Waals surface area contributed by atoms with E-state index in [1.54, 1.807) is 30.9 Å². The third-order valence-electron chi connectivity index (χ3n) is 4.27. The van der Waals surface area contributed by atoms with Crippen molar-refractivity contribution in [2.45, 2.75) is 6.42 Å². The van der Waals surface area contributed by atoms with Gasteiger partial charge in [-0.05, 0) is 23.8 Å². The Morgan fingerprint density at radius 2 is 1.43 bits per heavy atom. The van der Waals surface area contributed by atoms with Crippen molar-refractivity contribution >= 4 is 85.4 Å². The van der Waals surface area contributed by atoms with Gasteiger partial charge in [0.05, 0.1) is 30.1 Å². The molecule has 4 rings (SSSR count). The van der Waals surface area contributed by atoms with Crippen LogP contribution in [0.3, 0.4) is 0 Å². The van der Waals surface area contributed by atoms with E-state index < -0.39 is 13.1 Å². The SMILES string of the molecule is Nc1ccc2cnccc2c1Cl.O=C(CCl)Cc1ccc2cnccc2c1Cl.O=C(O)CCl.[2H]CF. The first-order valence-corrected chi connectivity index (χ1v) is 11.5. The van der Waals surface area contributed by atoms with E-state index in [1.807, 2.05) is 30.3 Å². The molecule has 0 spiro atoms. The quantitative estimate of drug-likeness (QED) is 0.214. The fraction of sp³-hybridized carbons (Fsp3) is 0.167. The number of hydrogen-bond donors (Lipinski definition) is 2. The van der Waals surface area contributed by atoms with Gasteiger partial charge in [-0.15, -0.1) is 23.2 Å². The van der Waals surface area contributed by atoms with Gasteiger partial charge < -0.3 is 10.8 Å². The molecule has 11 heteroatoms. The van der Waals surface area contributed by atoms with E-state index in [2.05, 4.69) is 9.97 Å². The summed E-state index contributed by atoms with van der Waals surface area (Å²) < 4.78 is 15.5. The molecule has 0 radical (unpaired) electrons. The normalized spacial score (nSPS) is 10.0. The number of carboxylic acids is 1. The van der Waals surface area contributed by atoms with Crippen LogP contribution in [0.2, 0.25) is 10.0 Å². The van der Waals surface area contributed by atoms with Crippen molar-refractivity contribution in [3.05, 3.63) is 76.8 Å². The summed E-state index contributed by atoms with van der Waals surface area (Å²) in [6.45, 7) is 0. The lowest BCUT2D eigenvalue weighted by Gasteiger charge is -2.05. The highest BCUT2D eigenvalue weighted by Crippen LogP contribution is 2.28. The number of halogens is 5. The molecule has 0 saturated carbocycles. The lowest BCUT2D eigenvalue weighted by molar-refractivity contribution is -0.134. The monoisotopic (exact) mass is 560 g/mol. The van der Waals surface area contributed by atoms with Gasteiger partial charge in [-0.1, -0.05) is 41.4 Å². The molecule has 3 N–H and O–H groups in total. The number of nitrogens with two attached hydrogens (primary N) is 1. The first kappa shape index (κ1) is 28.5. The molecule has 0 saturated heterocycles. The van der Waals surface area contributed by atoms with Crippen LogP contribution in [0, 0.1) is 0 Å². The van der Waals surface area contributed by atoms with Crippen molar-refractivity contribution in [3.63, 3.8) is 0 Å². The molecule has 6 nitrogen and oxygen atoms in total. The highest BCUT2D eigenvalue weighted by molar-refractivity contribution is 6.38. The minimum atomic E-state index is -1.00. The van der Waals surface area contributed by atoms with E-state index in [-0.39, 0.29) is 24.0 Å². The molecular weight excluding hydrogens is 539 g/mol. The van der Waals surface area contributed by atoms with Gasteiger partial charge in [-0.2, -0.15) is 0 Å². The number of carbonyl (C=O) groups excluding carboxylic acids is 1. The Morgan fingerprint density at radius 3 is 1.91 bits per heavy atom. The number of nitrogen functional groups attached to an aromatic ring is 1. The molecule has 186 valence electrons. The number of nitrogens with zero attached hydrogens (tertiary/aromatic N) is 2. The van der Waals surface area contributed by atoms with Gasteiger partial charge in [0.15, 0.2) is 5.78 Å². The van der Waals surface area contributed by atoms with E-state index in [9.17, 15) is 14.0 Å². The highest BCUT2D eigenvalue weighted by Gasteiger charge is 2.09. The van der Waals surface area contributed by atoms with Crippen LogP contribution in [0.25, 0.3) is 21.5 Å². The predicted molar refractivity (Wildman–Crippen MR) is 143 cm³/mol. The average Bonchev–Trinajstić information content (AvgIpc) is 2.89. The molecular formula is C24H22Cl4FN3O3. The summed E-state index contributed by atoms with van der Waals surface area (Å²) in [6, 6.07) is 11.1. The molecule has 2 aromatic heterocycles. The number of alkyl halides is 3. The zero-order valence-electron chi connectivity index (χ0n) is 19.2. The van der Waals surface area contributed by atoms with Crippen LogP contribution < -0.4 is 5.73 Å². The largest absolute Gasteiger partial charge is 0.480 e. The first-order valence-electron chi connectivity index (χ1n) is 10.4. The Labute approximate surface area is 223 Å². The van der Waals surface area contributed by atoms with Crippen molar-refractivity contribution in [3.8, 4) is 0 Å². The maximum atomic E-state index is 11.3. The maximum absolute atomic E-state index is 11.3. The number of hydrogen-bond acceptors (Lipinski definition) is 5. The lowest BCUT2D eigenvalue weighted by atomic mass is 10.1. The van der Waals surface area contributed by atoms with E-state index >= 15 is 0 Å². The fourth-order valence-electron chi connectivity index (χ4n) is 2.72. The van der Waals surface area contributed by atoms with Crippen LogP contribution in [0.5, 0.6) is 0 Å². The standard InChI is InChI=1S/C12H9Cl2NO.C9H7ClN2.C2H3ClO2.CH3F/c13-6-10(16)5-8-1-2-9-7-15-4-3-11(9)12(8)14;10-9-7-3-4-12-5-6(7)1-2-8(9)11;3-1-2(4)5;1-2/h1-4,7H,5-6H2;1-5H,11H2;1H2,(H,4,5);1H3/i;;;1D. The summed E-state index contributed by atoms with van der Waals surface area (Å²) in [5.41, 5.74) is 7.05. The van der Waals surface area contributed by atoms with Crippen molar-refractivity contribution in [2.75, 3.05) is 24.6 Å².